The minimum atomic E-state index is -2.06. The molecule has 0 aliphatic heterocycles. The van der Waals surface area contributed by atoms with Gasteiger partial charge < -0.3 is 4.43 Å². The summed E-state index contributed by atoms with van der Waals surface area (Å²) in [5.74, 6) is 0.136. The number of rotatable bonds is 6. The smallest absolute Gasteiger partial charge is 0.193 e. The number of aldehydes is 1. The Morgan fingerprint density at radius 1 is 1.29 bits per heavy atom. The highest BCUT2D eigenvalue weighted by Gasteiger charge is 2.40. The molecule has 134 valence electrons. The number of allylic oxidation sites excluding steroid dienone is 1. The summed E-state index contributed by atoms with van der Waals surface area (Å²) in [5, 5.41) is 0.718. The van der Waals surface area contributed by atoms with Gasteiger partial charge in [-0.25, -0.2) is 0 Å². The molecule has 1 aromatic rings. The van der Waals surface area contributed by atoms with Gasteiger partial charge in [0.05, 0.1) is 6.10 Å². The maximum atomic E-state index is 11.4. The topological polar surface area (TPSA) is 26.3 Å². The van der Waals surface area contributed by atoms with Gasteiger partial charge in [0.1, 0.15) is 0 Å². The van der Waals surface area contributed by atoms with Gasteiger partial charge in [0.15, 0.2) is 14.6 Å². The summed E-state index contributed by atoms with van der Waals surface area (Å²) in [7, 11) is -2.06. The number of hydrogen-bond donors (Lipinski definition) is 1. The lowest BCUT2D eigenvalue weighted by atomic mass is 9.92. The SMILES string of the molecule is CC(C)/C(=C(\S)C=O)C(O[Si](C)(C)C(C)(C)C)c1cccc(Cl)c1. The Bertz CT molecular complexity index is 618. The summed E-state index contributed by atoms with van der Waals surface area (Å²) in [4.78, 5) is 11.9. The third-order valence-corrected chi connectivity index (χ3v) is 9.72. The molecule has 1 atom stereocenters. The van der Waals surface area contributed by atoms with E-state index in [0.717, 1.165) is 17.4 Å². The fourth-order valence-corrected chi connectivity index (χ4v) is 4.03. The van der Waals surface area contributed by atoms with Crippen LogP contribution in [0.15, 0.2) is 34.7 Å². The predicted octanol–water partition coefficient (Wildman–Crippen LogP) is 6.44. The van der Waals surface area contributed by atoms with Gasteiger partial charge in [0.2, 0.25) is 0 Å². The van der Waals surface area contributed by atoms with Crippen molar-refractivity contribution in [3.8, 4) is 0 Å². The van der Waals surface area contributed by atoms with E-state index in [1.807, 2.05) is 24.3 Å². The van der Waals surface area contributed by atoms with Crippen LogP contribution in [0.4, 0.5) is 0 Å². The quantitative estimate of drug-likeness (QED) is 0.264. The Morgan fingerprint density at radius 2 is 1.88 bits per heavy atom. The van der Waals surface area contributed by atoms with Crippen molar-refractivity contribution in [2.75, 3.05) is 0 Å². The predicted molar refractivity (Wildman–Crippen MR) is 109 cm³/mol. The molecule has 0 radical (unpaired) electrons. The van der Waals surface area contributed by atoms with Gasteiger partial charge >= 0.3 is 0 Å². The molecular weight excluding hydrogens is 356 g/mol. The fraction of sp³-hybridized carbons (Fsp3) is 0.526. The zero-order valence-corrected chi connectivity index (χ0v) is 18.3. The van der Waals surface area contributed by atoms with Crippen molar-refractivity contribution in [1.29, 1.82) is 0 Å². The Morgan fingerprint density at radius 3 is 2.29 bits per heavy atom. The maximum Gasteiger partial charge on any atom is 0.193 e. The molecule has 1 rings (SSSR count). The van der Waals surface area contributed by atoms with Crippen LogP contribution in [-0.4, -0.2) is 14.6 Å². The molecule has 0 fully saturated rings. The van der Waals surface area contributed by atoms with Crippen molar-refractivity contribution < 1.29 is 9.22 Å². The summed E-state index contributed by atoms with van der Waals surface area (Å²) in [5.41, 5.74) is 1.87. The first-order chi connectivity index (χ1) is 10.9. The lowest BCUT2D eigenvalue weighted by Gasteiger charge is -2.41. The third kappa shape index (κ3) is 5.22. The monoisotopic (exact) mass is 384 g/mol. The molecule has 1 unspecified atom stereocenters. The van der Waals surface area contributed by atoms with Crippen molar-refractivity contribution in [1.82, 2.24) is 0 Å². The van der Waals surface area contributed by atoms with E-state index >= 15 is 0 Å². The van der Waals surface area contributed by atoms with E-state index in [-0.39, 0.29) is 17.1 Å². The largest absolute Gasteiger partial charge is 0.406 e. The van der Waals surface area contributed by atoms with Crippen LogP contribution in [0.2, 0.25) is 23.2 Å². The first-order valence-electron chi connectivity index (χ1n) is 8.22. The van der Waals surface area contributed by atoms with Gasteiger partial charge in [-0.2, -0.15) is 0 Å². The van der Waals surface area contributed by atoms with Crippen LogP contribution >= 0.6 is 24.2 Å². The summed E-state index contributed by atoms with van der Waals surface area (Å²) < 4.78 is 6.70. The summed E-state index contributed by atoms with van der Waals surface area (Å²) in [6.45, 7) is 15.1. The van der Waals surface area contributed by atoms with Crippen LogP contribution < -0.4 is 0 Å². The number of thiol groups is 1. The highest BCUT2D eigenvalue weighted by Crippen LogP contribution is 2.44. The molecule has 0 aromatic heterocycles. The highest BCUT2D eigenvalue weighted by molar-refractivity contribution is 7.85. The van der Waals surface area contributed by atoms with Gasteiger partial charge in [0, 0.05) is 9.93 Å². The molecule has 0 heterocycles. The van der Waals surface area contributed by atoms with Gasteiger partial charge in [0.25, 0.3) is 0 Å². The van der Waals surface area contributed by atoms with E-state index in [1.54, 1.807) is 0 Å². The first-order valence-corrected chi connectivity index (χ1v) is 12.0. The molecule has 2 nitrogen and oxygen atoms in total. The minimum absolute atomic E-state index is 0.0594. The van der Waals surface area contributed by atoms with Gasteiger partial charge in [-0.3, -0.25) is 4.79 Å². The number of carbonyl (C=O) groups is 1. The van der Waals surface area contributed by atoms with E-state index in [0.29, 0.717) is 9.93 Å². The van der Waals surface area contributed by atoms with Crippen molar-refractivity contribution in [3.05, 3.63) is 45.3 Å². The van der Waals surface area contributed by atoms with Crippen LogP contribution in [0.25, 0.3) is 0 Å². The second kappa shape index (κ2) is 8.22. The molecule has 24 heavy (non-hydrogen) atoms. The summed E-state index contributed by atoms with van der Waals surface area (Å²) >= 11 is 10.6. The molecule has 0 aliphatic rings. The molecule has 1 aromatic carbocycles. The van der Waals surface area contributed by atoms with E-state index < -0.39 is 8.32 Å². The molecule has 0 saturated carbocycles. The molecule has 0 bridgehead atoms. The Hall–Kier alpha value is -0.553. The lowest BCUT2D eigenvalue weighted by Crippen LogP contribution is -2.42. The highest BCUT2D eigenvalue weighted by atomic mass is 35.5. The second-order valence-electron chi connectivity index (χ2n) is 7.93. The Kier molecular flexibility index (Phi) is 7.36. The van der Waals surface area contributed by atoms with Crippen molar-refractivity contribution in [3.63, 3.8) is 0 Å². The molecule has 0 N–H and O–H groups in total. The van der Waals surface area contributed by atoms with Crippen molar-refractivity contribution in [2.24, 2.45) is 5.92 Å². The lowest BCUT2D eigenvalue weighted by molar-refractivity contribution is -0.104. The van der Waals surface area contributed by atoms with Gasteiger partial charge in [-0.1, -0.05) is 58.4 Å². The molecule has 0 spiro atoms. The maximum absolute atomic E-state index is 11.4. The summed E-state index contributed by atoms with van der Waals surface area (Å²) in [6, 6.07) is 7.66. The minimum Gasteiger partial charge on any atom is -0.406 e. The second-order valence-corrected chi connectivity index (χ2v) is 13.6. The van der Waals surface area contributed by atoms with Crippen LogP contribution in [-0.2, 0) is 9.22 Å². The van der Waals surface area contributed by atoms with Crippen molar-refractivity contribution in [2.45, 2.75) is 58.9 Å². The normalized spacial score (nSPS) is 15.2. The molecular formula is C19H29ClO2SSi. The van der Waals surface area contributed by atoms with Gasteiger partial charge in [-0.05, 0) is 47.3 Å². The summed E-state index contributed by atoms with van der Waals surface area (Å²) in [6.07, 6.45) is 0.479. The first kappa shape index (κ1) is 21.5. The number of benzene rings is 1. The molecule has 0 amide bonds. The fourth-order valence-electron chi connectivity index (χ4n) is 2.25. The van der Waals surface area contributed by atoms with E-state index in [2.05, 4.69) is 60.3 Å². The van der Waals surface area contributed by atoms with Crippen LogP contribution in [0, 0.1) is 5.92 Å². The Labute approximate surface area is 158 Å². The van der Waals surface area contributed by atoms with E-state index in [4.69, 9.17) is 16.0 Å². The third-order valence-electron chi connectivity index (χ3n) is 4.68. The van der Waals surface area contributed by atoms with Crippen LogP contribution in [0.3, 0.4) is 0 Å². The zero-order valence-electron chi connectivity index (χ0n) is 15.7. The number of carbonyl (C=O) groups excluding carboxylic acids is 1. The van der Waals surface area contributed by atoms with Crippen LogP contribution in [0.5, 0.6) is 0 Å². The van der Waals surface area contributed by atoms with E-state index in [1.165, 1.54) is 0 Å². The number of halogens is 1. The van der Waals surface area contributed by atoms with Gasteiger partial charge in [-0.15, -0.1) is 12.6 Å². The van der Waals surface area contributed by atoms with Crippen molar-refractivity contribution >= 4 is 38.8 Å². The van der Waals surface area contributed by atoms with E-state index in [9.17, 15) is 4.79 Å². The molecule has 5 heteroatoms. The zero-order chi connectivity index (χ0) is 18.7. The Balaban J connectivity index is 3.51. The number of hydrogen-bond acceptors (Lipinski definition) is 3. The van der Waals surface area contributed by atoms with Crippen LogP contribution in [0.1, 0.15) is 46.3 Å². The average Bonchev–Trinajstić information content (AvgIpc) is 2.44. The standard InChI is InChI=1S/C19H29ClO2SSi/c1-13(2)17(16(23)12-21)18(14-9-8-10-15(20)11-14)22-24(6,7)19(3,4)5/h8-13,18,23H,1-7H3/b17-16+. The molecule has 0 aliphatic carbocycles. The average molecular weight is 385 g/mol. The molecule has 0 saturated heterocycles.